The molecule has 1 aliphatic heterocycles. The van der Waals surface area contributed by atoms with Crippen LogP contribution in [0.1, 0.15) is 46.4 Å². The minimum atomic E-state index is -0.132. The molecule has 0 unspecified atom stereocenters. The Labute approximate surface area is 112 Å². The van der Waals surface area contributed by atoms with E-state index in [0.29, 0.717) is 11.1 Å². The van der Waals surface area contributed by atoms with Crippen molar-refractivity contribution in [3.8, 4) is 0 Å². The second kappa shape index (κ2) is 4.78. The molecule has 2 amide bonds. The molecule has 2 atom stereocenters. The van der Waals surface area contributed by atoms with Crippen LogP contribution < -0.4 is 5.32 Å². The van der Waals surface area contributed by atoms with Crippen molar-refractivity contribution >= 4 is 11.8 Å². The predicted molar refractivity (Wildman–Crippen MR) is 72.0 cm³/mol. The molecule has 1 saturated carbocycles. The van der Waals surface area contributed by atoms with Crippen LogP contribution in [0, 0.1) is 0 Å². The first kappa shape index (κ1) is 12.4. The number of hydrogen-bond acceptors (Lipinski definition) is 3. The van der Waals surface area contributed by atoms with Gasteiger partial charge < -0.3 is 5.32 Å². The van der Waals surface area contributed by atoms with Gasteiger partial charge in [-0.05, 0) is 32.0 Å². The number of benzene rings is 1. The highest BCUT2D eigenvalue weighted by atomic mass is 16.2. The van der Waals surface area contributed by atoms with Gasteiger partial charge in [-0.2, -0.15) is 0 Å². The van der Waals surface area contributed by atoms with Crippen LogP contribution in [0.3, 0.4) is 0 Å². The highest BCUT2D eigenvalue weighted by molar-refractivity contribution is 6.21. The van der Waals surface area contributed by atoms with Crippen molar-refractivity contribution in [1.82, 2.24) is 10.2 Å². The van der Waals surface area contributed by atoms with E-state index in [-0.39, 0.29) is 23.9 Å². The number of imide groups is 1. The summed E-state index contributed by atoms with van der Waals surface area (Å²) < 4.78 is 0. The van der Waals surface area contributed by atoms with Crippen molar-refractivity contribution in [3.63, 3.8) is 0 Å². The maximum atomic E-state index is 12.4. The number of rotatable bonds is 2. The van der Waals surface area contributed by atoms with Gasteiger partial charge in [0.25, 0.3) is 11.8 Å². The van der Waals surface area contributed by atoms with Crippen molar-refractivity contribution in [3.05, 3.63) is 35.4 Å². The van der Waals surface area contributed by atoms with E-state index in [0.717, 1.165) is 25.7 Å². The number of hydrogen-bond donors (Lipinski definition) is 1. The number of likely N-dealkylation sites (N-methyl/N-ethyl adjacent to an activating group) is 1. The van der Waals surface area contributed by atoms with Gasteiger partial charge in [0.1, 0.15) is 0 Å². The summed E-state index contributed by atoms with van der Waals surface area (Å²) in [5.74, 6) is -0.263. The first-order chi connectivity index (χ1) is 9.24. The lowest BCUT2D eigenvalue weighted by molar-refractivity contribution is 0.0510. The quantitative estimate of drug-likeness (QED) is 0.823. The minimum Gasteiger partial charge on any atom is -0.315 e. The fourth-order valence-electron chi connectivity index (χ4n) is 3.27. The number of nitrogens with one attached hydrogen (secondary N) is 1. The molecule has 0 radical (unpaired) electrons. The number of fused-ring (bicyclic) bond motifs is 1. The zero-order chi connectivity index (χ0) is 13.4. The first-order valence-electron chi connectivity index (χ1n) is 6.88. The van der Waals surface area contributed by atoms with Gasteiger partial charge in [0, 0.05) is 6.04 Å². The zero-order valence-corrected chi connectivity index (χ0v) is 11.1. The molecule has 0 bridgehead atoms. The third-order valence-corrected chi connectivity index (χ3v) is 4.26. The number of carbonyl (C=O) groups excluding carboxylic acids is 2. The standard InChI is InChI=1S/C15H18N2O2/c1-16-12-8-4-5-9-13(12)17-14(18)10-6-2-3-7-11(10)15(17)19/h2-3,6-7,12-13,16H,4-5,8-9H2,1H3/t12-,13-/m1/s1. The fourth-order valence-corrected chi connectivity index (χ4v) is 3.27. The Balaban J connectivity index is 1.95. The molecule has 100 valence electrons. The summed E-state index contributed by atoms with van der Waals surface area (Å²) in [4.78, 5) is 26.4. The molecule has 1 aliphatic carbocycles. The van der Waals surface area contributed by atoms with Crippen molar-refractivity contribution in [2.75, 3.05) is 7.05 Å². The van der Waals surface area contributed by atoms with Crippen molar-refractivity contribution in [2.45, 2.75) is 37.8 Å². The monoisotopic (exact) mass is 258 g/mol. The van der Waals surface area contributed by atoms with Crippen LogP contribution in [0.25, 0.3) is 0 Å². The first-order valence-corrected chi connectivity index (χ1v) is 6.88. The highest BCUT2D eigenvalue weighted by Gasteiger charge is 2.42. The Kier molecular flexibility index (Phi) is 3.11. The van der Waals surface area contributed by atoms with E-state index >= 15 is 0 Å². The molecular weight excluding hydrogens is 240 g/mol. The third kappa shape index (κ3) is 1.87. The van der Waals surface area contributed by atoms with Gasteiger partial charge in [-0.3, -0.25) is 14.5 Å². The Morgan fingerprint density at radius 2 is 1.63 bits per heavy atom. The van der Waals surface area contributed by atoms with Gasteiger partial charge in [0.15, 0.2) is 0 Å². The number of amides is 2. The normalized spacial score (nSPS) is 26.7. The molecule has 2 aliphatic rings. The molecule has 0 aromatic heterocycles. The third-order valence-electron chi connectivity index (χ3n) is 4.26. The van der Waals surface area contributed by atoms with Crippen molar-refractivity contribution in [1.29, 1.82) is 0 Å². The Bertz CT molecular complexity index is 492. The van der Waals surface area contributed by atoms with Crippen LogP contribution >= 0.6 is 0 Å². The van der Waals surface area contributed by atoms with Crippen molar-refractivity contribution < 1.29 is 9.59 Å². The fraction of sp³-hybridized carbons (Fsp3) is 0.467. The lowest BCUT2D eigenvalue weighted by atomic mass is 9.89. The molecule has 1 aromatic rings. The average Bonchev–Trinajstić information content (AvgIpc) is 2.71. The van der Waals surface area contributed by atoms with E-state index in [9.17, 15) is 9.59 Å². The van der Waals surface area contributed by atoms with Gasteiger partial charge >= 0.3 is 0 Å². The molecule has 3 rings (SSSR count). The van der Waals surface area contributed by atoms with E-state index < -0.39 is 0 Å². The summed E-state index contributed by atoms with van der Waals surface area (Å²) in [6.07, 6.45) is 4.16. The molecule has 4 nitrogen and oxygen atoms in total. The molecule has 1 N–H and O–H groups in total. The van der Waals surface area contributed by atoms with Crippen LogP contribution in [-0.4, -0.2) is 35.8 Å². The van der Waals surface area contributed by atoms with Crippen LogP contribution in [-0.2, 0) is 0 Å². The van der Waals surface area contributed by atoms with Crippen LogP contribution in [0.15, 0.2) is 24.3 Å². The highest BCUT2D eigenvalue weighted by Crippen LogP contribution is 2.30. The maximum absolute atomic E-state index is 12.4. The SMILES string of the molecule is CN[C@@H]1CCCC[C@H]1N1C(=O)c2ccccc2C1=O. The summed E-state index contributed by atoms with van der Waals surface area (Å²) in [5, 5.41) is 3.25. The molecule has 1 heterocycles. The molecule has 0 spiro atoms. The summed E-state index contributed by atoms with van der Waals surface area (Å²) >= 11 is 0. The average molecular weight is 258 g/mol. The molecule has 1 aromatic carbocycles. The number of carbonyl (C=O) groups is 2. The molecule has 0 saturated heterocycles. The summed E-state index contributed by atoms with van der Waals surface area (Å²) in [5.41, 5.74) is 1.10. The van der Waals surface area contributed by atoms with E-state index in [2.05, 4.69) is 5.32 Å². The van der Waals surface area contributed by atoms with E-state index in [4.69, 9.17) is 0 Å². The Morgan fingerprint density at radius 1 is 1.05 bits per heavy atom. The summed E-state index contributed by atoms with van der Waals surface area (Å²) in [6.45, 7) is 0. The molecular formula is C15H18N2O2. The van der Waals surface area contributed by atoms with Crippen LogP contribution in [0.5, 0.6) is 0 Å². The van der Waals surface area contributed by atoms with Gasteiger partial charge in [-0.1, -0.05) is 25.0 Å². The summed E-state index contributed by atoms with van der Waals surface area (Å²) in [7, 11) is 1.90. The zero-order valence-electron chi connectivity index (χ0n) is 11.1. The second-order valence-corrected chi connectivity index (χ2v) is 5.27. The smallest absolute Gasteiger partial charge is 0.261 e. The molecule has 19 heavy (non-hydrogen) atoms. The lowest BCUT2D eigenvalue weighted by Crippen LogP contribution is -2.52. The Hall–Kier alpha value is -1.68. The van der Waals surface area contributed by atoms with E-state index in [1.807, 2.05) is 19.2 Å². The largest absolute Gasteiger partial charge is 0.315 e. The van der Waals surface area contributed by atoms with Crippen molar-refractivity contribution in [2.24, 2.45) is 0 Å². The van der Waals surface area contributed by atoms with Gasteiger partial charge in [-0.15, -0.1) is 0 Å². The Morgan fingerprint density at radius 3 is 2.21 bits per heavy atom. The topological polar surface area (TPSA) is 49.4 Å². The second-order valence-electron chi connectivity index (χ2n) is 5.27. The molecule has 1 fully saturated rings. The van der Waals surface area contributed by atoms with Gasteiger partial charge in [0.05, 0.1) is 17.2 Å². The lowest BCUT2D eigenvalue weighted by Gasteiger charge is -2.36. The van der Waals surface area contributed by atoms with Gasteiger partial charge in [-0.25, -0.2) is 0 Å². The van der Waals surface area contributed by atoms with E-state index in [1.54, 1.807) is 12.1 Å². The van der Waals surface area contributed by atoms with Gasteiger partial charge in [0.2, 0.25) is 0 Å². The number of nitrogens with zero attached hydrogens (tertiary/aromatic N) is 1. The summed E-state index contributed by atoms with van der Waals surface area (Å²) in [6, 6.07) is 7.31. The van der Waals surface area contributed by atoms with E-state index in [1.165, 1.54) is 4.90 Å². The van der Waals surface area contributed by atoms with Crippen LogP contribution in [0.2, 0.25) is 0 Å². The minimum absolute atomic E-state index is 0.00819. The molecule has 4 heteroatoms. The van der Waals surface area contributed by atoms with Crippen LogP contribution in [0.4, 0.5) is 0 Å². The maximum Gasteiger partial charge on any atom is 0.261 e. The predicted octanol–water partition coefficient (Wildman–Crippen LogP) is 1.81.